The van der Waals surface area contributed by atoms with Gasteiger partial charge in [0.15, 0.2) is 11.6 Å². The first-order valence-electron chi connectivity index (χ1n) is 30.0. The number of benzene rings is 10. The van der Waals surface area contributed by atoms with Crippen molar-refractivity contribution in [1.82, 2.24) is 9.97 Å². The van der Waals surface area contributed by atoms with Crippen LogP contribution in [0.5, 0.6) is 23.0 Å². The van der Waals surface area contributed by atoms with Crippen LogP contribution in [0, 0.1) is 27.7 Å². The van der Waals surface area contributed by atoms with Crippen LogP contribution in [0.2, 0.25) is 0 Å². The van der Waals surface area contributed by atoms with Crippen molar-refractivity contribution < 1.29 is 28.5 Å². The van der Waals surface area contributed by atoms with Crippen molar-refractivity contribution in [3.05, 3.63) is 293 Å². The summed E-state index contributed by atoms with van der Waals surface area (Å²) in [6.07, 6.45) is 3.84. The summed E-state index contributed by atoms with van der Waals surface area (Å²) < 4.78 is 22.2. The van der Waals surface area contributed by atoms with Crippen LogP contribution in [0.3, 0.4) is 0 Å². The zero-order valence-corrected chi connectivity index (χ0v) is 51.9. The molecule has 2 heterocycles. The lowest BCUT2D eigenvalue weighted by Gasteiger charge is -2.31. The second kappa shape index (κ2) is 24.9. The number of aryl methyl sites for hydroxylation is 4. The van der Waals surface area contributed by atoms with E-state index in [1.54, 1.807) is 58.8 Å². The Morgan fingerprint density at radius 3 is 0.923 bits per heavy atom. The monoisotopic (exact) mass is 1190 g/mol. The molecule has 0 amide bonds. The first-order valence-corrected chi connectivity index (χ1v) is 30.0. The molecule has 13 rings (SSSR count). The highest BCUT2D eigenvalue weighted by atomic mass is 16.5. The van der Waals surface area contributed by atoms with Gasteiger partial charge in [-0.1, -0.05) is 54.6 Å². The van der Waals surface area contributed by atoms with E-state index < -0.39 is 0 Å². The number of fused-ring (bicyclic) bond motifs is 2. The van der Waals surface area contributed by atoms with Gasteiger partial charge >= 0.3 is 0 Å². The summed E-state index contributed by atoms with van der Waals surface area (Å²) in [6.45, 7) is 8.49. The summed E-state index contributed by atoms with van der Waals surface area (Å²) >= 11 is 0. The van der Waals surface area contributed by atoms with Crippen LogP contribution in [0.4, 0.5) is 51.2 Å². The topological polar surface area (TPSA) is 107 Å². The van der Waals surface area contributed by atoms with Crippen molar-refractivity contribution in [2.24, 2.45) is 0 Å². The molecule has 91 heavy (non-hydrogen) atoms. The van der Waals surface area contributed by atoms with Gasteiger partial charge in [-0.3, -0.25) is 19.6 Å². The molecule has 12 aromatic rings. The Hall–Kier alpha value is -11.6. The summed E-state index contributed by atoms with van der Waals surface area (Å²) in [5.41, 5.74) is 22.4. The molecule has 0 N–H and O–H groups in total. The lowest BCUT2D eigenvalue weighted by atomic mass is 9.82. The summed E-state index contributed by atoms with van der Waals surface area (Å²) in [5, 5.41) is 0. The highest BCUT2D eigenvalue weighted by molar-refractivity contribution is 6.28. The van der Waals surface area contributed by atoms with E-state index in [-0.39, 0.29) is 11.6 Å². The lowest BCUT2D eigenvalue weighted by molar-refractivity contribution is 0.0979. The molecule has 11 nitrogen and oxygen atoms in total. The van der Waals surface area contributed by atoms with Gasteiger partial charge in [-0.15, -0.1) is 0 Å². The fourth-order valence-corrected chi connectivity index (χ4v) is 12.2. The number of carbonyl (C=O) groups excluding carboxylic acids is 2. The second-order valence-electron chi connectivity index (χ2n) is 22.6. The molecule has 1 aliphatic carbocycles. The molecule has 1 aliphatic rings. The summed E-state index contributed by atoms with van der Waals surface area (Å²) in [5.74, 6) is 2.86. The Morgan fingerprint density at radius 1 is 0.275 bits per heavy atom. The molecule has 0 saturated heterocycles. The maximum absolute atomic E-state index is 13.6. The van der Waals surface area contributed by atoms with Gasteiger partial charge in [-0.2, -0.15) is 0 Å². The van der Waals surface area contributed by atoms with Gasteiger partial charge in [-0.25, -0.2) is 0 Å². The van der Waals surface area contributed by atoms with Gasteiger partial charge in [0.2, 0.25) is 0 Å². The van der Waals surface area contributed by atoms with E-state index in [0.717, 1.165) is 141 Å². The average molecular weight is 1190 g/mol. The number of hydrogen-bond acceptors (Lipinski definition) is 11. The zero-order chi connectivity index (χ0) is 62.9. The quantitative estimate of drug-likeness (QED) is 0.0870. The van der Waals surface area contributed by atoms with Gasteiger partial charge in [0.05, 0.1) is 39.8 Å². The van der Waals surface area contributed by atoms with Gasteiger partial charge in [0, 0.05) is 97.0 Å². The predicted molar refractivity (Wildman–Crippen MR) is 366 cm³/mol. The maximum Gasteiger partial charge on any atom is 0.194 e. The predicted octanol–water partition coefficient (Wildman–Crippen LogP) is 19.6. The smallest absolute Gasteiger partial charge is 0.194 e. The third-order valence-electron chi connectivity index (χ3n) is 17.1. The fraction of sp³-hybridized carbons (Fsp3) is 0.100. The van der Waals surface area contributed by atoms with Gasteiger partial charge < -0.3 is 33.6 Å². The van der Waals surface area contributed by atoms with Crippen molar-refractivity contribution in [1.29, 1.82) is 0 Å². The average Bonchev–Trinajstić information content (AvgIpc) is 0.823. The van der Waals surface area contributed by atoms with Crippen molar-refractivity contribution in [3.8, 4) is 67.8 Å². The molecule has 0 spiro atoms. The minimum Gasteiger partial charge on any atom is -0.497 e. The molecule has 0 bridgehead atoms. The molecular formula is C80H65N5O6. The maximum atomic E-state index is 13.6. The second-order valence-corrected chi connectivity index (χ2v) is 22.6. The molecule has 0 atom stereocenters. The summed E-state index contributed by atoms with van der Waals surface area (Å²) in [6, 6.07) is 79.5. The molecule has 0 fully saturated rings. The van der Waals surface area contributed by atoms with Crippen LogP contribution < -0.4 is 33.6 Å². The Morgan fingerprint density at radius 2 is 0.571 bits per heavy atom. The number of pyridine rings is 2. The molecule has 0 aliphatic heterocycles. The van der Waals surface area contributed by atoms with E-state index >= 15 is 0 Å². The molecule has 0 radical (unpaired) electrons. The Bertz CT molecular complexity index is 4430. The number of methoxy groups -OCH3 is 4. The van der Waals surface area contributed by atoms with E-state index in [1.165, 1.54) is 0 Å². The third-order valence-corrected chi connectivity index (χ3v) is 17.1. The number of aromatic nitrogens is 2. The van der Waals surface area contributed by atoms with E-state index in [1.807, 2.05) is 85.2 Å². The van der Waals surface area contributed by atoms with Crippen LogP contribution in [0.15, 0.2) is 249 Å². The number of carbonyl (C=O) groups is 2. The van der Waals surface area contributed by atoms with E-state index in [2.05, 4.69) is 176 Å². The van der Waals surface area contributed by atoms with Crippen molar-refractivity contribution >= 4 is 62.8 Å². The zero-order valence-electron chi connectivity index (χ0n) is 51.9. The number of nitrogens with zero attached hydrogens (tertiary/aromatic N) is 5. The Balaban J connectivity index is 0.807. The normalized spacial score (nSPS) is 11.6. The highest BCUT2D eigenvalue weighted by Crippen LogP contribution is 2.45. The van der Waals surface area contributed by atoms with Gasteiger partial charge in [0.25, 0.3) is 0 Å². The van der Waals surface area contributed by atoms with E-state index in [9.17, 15) is 9.59 Å². The molecule has 446 valence electrons. The molecule has 10 aromatic carbocycles. The van der Waals surface area contributed by atoms with E-state index in [0.29, 0.717) is 22.3 Å². The number of anilines is 9. The summed E-state index contributed by atoms with van der Waals surface area (Å²) in [4.78, 5) is 43.7. The van der Waals surface area contributed by atoms with Crippen LogP contribution >= 0.6 is 0 Å². The minimum atomic E-state index is -0.129. The van der Waals surface area contributed by atoms with Crippen LogP contribution in [0.1, 0.15) is 54.1 Å². The molecule has 0 unspecified atom stereocenters. The van der Waals surface area contributed by atoms with Crippen LogP contribution in [-0.4, -0.2) is 50.0 Å². The SMILES string of the molecule is COc1ccc(N(c2ccc(OC)cc2)c2ccc(N(c3ccc(N(c4ccc(OC)cc4)c4ccc(OC)cc4)cc3)c3cc(C)c(-c4ccc(-c5ccc(-c6cc(C)c(-c7ccc8c(c7)C(=O)c7ccccc7C8=O)cc6C)cn5)nc4)cc3C)cc2)cc1. The molecular weight excluding hydrogens is 1130 g/mol. The third kappa shape index (κ3) is 11.4. The Kier molecular flexibility index (Phi) is 16.0. The lowest BCUT2D eigenvalue weighted by Crippen LogP contribution is -2.20. The fourth-order valence-electron chi connectivity index (χ4n) is 12.2. The van der Waals surface area contributed by atoms with Crippen LogP contribution in [-0.2, 0) is 0 Å². The summed E-state index contributed by atoms with van der Waals surface area (Å²) in [7, 11) is 6.71. The largest absolute Gasteiger partial charge is 0.497 e. The van der Waals surface area contributed by atoms with Crippen molar-refractivity contribution in [2.75, 3.05) is 43.1 Å². The number of rotatable bonds is 17. The van der Waals surface area contributed by atoms with E-state index in [4.69, 9.17) is 28.9 Å². The van der Waals surface area contributed by atoms with Gasteiger partial charge in [0.1, 0.15) is 23.0 Å². The highest BCUT2D eigenvalue weighted by Gasteiger charge is 2.30. The van der Waals surface area contributed by atoms with Crippen molar-refractivity contribution in [3.63, 3.8) is 0 Å². The number of ether oxygens (including phenoxy) is 4. The Labute approximate surface area is 530 Å². The molecule has 2 aromatic heterocycles. The number of ketones is 2. The van der Waals surface area contributed by atoms with Crippen molar-refractivity contribution in [2.45, 2.75) is 27.7 Å². The standard InChI is InChI=1S/C80H65N5O6/c1-50-44-73(51(2)43-72(50)54-13-40-71-75(47-54)80(87)70-12-10-9-11-69(70)79(71)86)55-14-41-76(81-48-55)77-42-15-56(49-82-77)74-45-53(4)78(46-52(74)3)85(63-20-16-57(17-21-63)83(59-24-32-65(88-5)33-25-59)60-26-34-66(89-6)35-27-60)64-22-18-58(19-23-64)84(61-28-36-67(90-7)37-29-61)62-30-38-68(91-8)39-31-62/h9-49H,1-8H3. The molecule has 11 heteroatoms. The first-order chi connectivity index (χ1) is 44.4. The minimum absolute atomic E-state index is 0.123. The first kappa shape index (κ1) is 58.5. The van der Waals surface area contributed by atoms with Crippen LogP contribution in [0.25, 0.3) is 44.8 Å². The van der Waals surface area contributed by atoms with Gasteiger partial charge in [-0.05, 0) is 254 Å². The molecule has 0 saturated carbocycles. The number of hydrogen-bond donors (Lipinski definition) is 0.